The smallest absolute Gasteiger partial charge is 0.127 e. The van der Waals surface area contributed by atoms with Gasteiger partial charge in [0.15, 0.2) is 0 Å². The van der Waals surface area contributed by atoms with Gasteiger partial charge in [-0.3, -0.25) is 4.90 Å². The minimum Gasteiger partial charge on any atom is -0.314 e. The number of nitrogens with one attached hydrogen (secondary N) is 1. The zero-order valence-electron chi connectivity index (χ0n) is 12.9. The van der Waals surface area contributed by atoms with Crippen molar-refractivity contribution in [1.82, 2.24) is 10.2 Å². The summed E-state index contributed by atoms with van der Waals surface area (Å²) in [6.45, 7) is 9.79. The number of hydrogen-bond donors (Lipinski definition) is 1. The molecule has 0 radical (unpaired) electrons. The maximum atomic E-state index is 13.9. The van der Waals surface area contributed by atoms with Gasteiger partial charge in [-0.05, 0) is 38.3 Å². The molecule has 112 valence electrons. The van der Waals surface area contributed by atoms with Gasteiger partial charge in [-0.2, -0.15) is 0 Å². The molecule has 1 saturated heterocycles. The highest BCUT2D eigenvalue weighted by molar-refractivity contribution is 5.20. The minimum atomic E-state index is -0.0844. The van der Waals surface area contributed by atoms with Crippen LogP contribution in [-0.2, 0) is 0 Å². The van der Waals surface area contributed by atoms with Crippen LogP contribution in [0.5, 0.6) is 0 Å². The average Bonchev–Trinajstić information content (AvgIpc) is 2.46. The van der Waals surface area contributed by atoms with Crippen molar-refractivity contribution in [1.29, 1.82) is 0 Å². The molecule has 0 aromatic heterocycles. The molecule has 1 aromatic rings. The third kappa shape index (κ3) is 3.58. The number of nitrogens with zero attached hydrogens (tertiary/aromatic N) is 1. The predicted octanol–water partition coefficient (Wildman–Crippen LogP) is 3.60. The summed E-state index contributed by atoms with van der Waals surface area (Å²) in [5, 5.41) is 3.63. The molecule has 0 spiro atoms. The Morgan fingerprint density at radius 2 is 2.15 bits per heavy atom. The number of likely N-dealkylation sites (tertiary alicyclic amines) is 1. The second kappa shape index (κ2) is 7.19. The number of piperidine rings is 1. The van der Waals surface area contributed by atoms with Crippen LogP contribution in [0.25, 0.3) is 0 Å². The van der Waals surface area contributed by atoms with Crippen molar-refractivity contribution in [3.05, 3.63) is 35.6 Å². The van der Waals surface area contributed by atoms with E-state index in [1.54, 1.807) is 12.1 Å². The van der Waals surface area contributed by atoms with Crippen LogP contribution in [0.4, 0.5) is 4.39 Å². The van der Waals surface area contributed by atoms with E-state index < -0.39 is 0 Å². The molecule has 0 aliphatic carbocycles. The number of rotatable bonds is 5. The fourth-order valence-electron chi connectivity index (χ4n) is 3.17. The number of hydrogen-bond acceptors (Lipinski definition) is 2. The third-order valence-corrected chi connectivity index (χ3v) is 4.50. The molecule has 1 N–H and O–H groups in total. The second-order valence-corrected chi connectivity index (χ2v) is 6.02. The molecule has 2 rings (SSSR count). The topological polar surface area (TPSA) is 15.3 Å². The van der Waals surface area contributed by atoms with E-state index in [1.807, 2.05) is 12.1 Å². The van der Waals surface area contributed by atoms with Crippen LogP contribution in [0, 0.1) is 11.7 Å². The molecular weight excluding hydrogens is 251 g/mol. The van der Waals surface area contributed by atoms with Gasteiger partial charge in [0.25, 0.3) is 0 Å². The summed E-state index contributed by atoms with van der Waals surface area (Å²) in [6, 6.07) is 7.92. The predicted molar refractivity (Wildman–Crippen MR) is 82.3 cm³/mol. The summed E-state index contributed by atoms with van der Waals surface area (Å²) in [6.07, 6.45) is 2.33. The molecule has 1 aliphatic heterocycles. The first-order chi connectivity index (χ1) is 9.63. The van der Waals surface area contributed by atoms with Crippen molar-refractivity contribution < 1.29 is 4.39 Å². The van der Waals surface area contributed by atoms with Gasteiger partial charge in [-0.25, -0.2) is 4.39 Å². The Bertz CT molecular complexity index is 421. The SMILES string of the molecule is CCCNC1CCN(C(C)c2ccccc2F)CC1C. The standard InChI is InChI=1S/C17H27FN2/c1-4-10-19-17-9-11-20(12-13(17)2)14(3)15-7-5-6-8-16(15)18/h5-8,13-14,17,19H,4,9-12H2,1-3H3. The molecule has 0 saturated carbocycles. The van der Waals surface area contributed by atoms with Gasteiger partial charge in [0.1, 0.15) is 5.82 Å². The Kier molecular flexibility index (Phi) is 5.55. The highest BCUT2D eigenvalue weighted by Crippen LogP contribution is 2.28. The van der Waals surface area contributed by atoms with Crippen molar-refractivity contribution in [3.8, 4) is 0 Å². The van der Waals surface area contributed by atoms with Gasteiger partial charge in [-0.1, -0.05) is 32.0 Å². The summed E-state index contributed by atoms with van der Waals surface area (Å²) >= 11 is 0. The number of halogens is 1. The quantitative estimate of drug-likeness (QED) is 0.885. The van der Waals surface area contributed by atoms with Crippen LogP contribution >= 0.6 is 0 Å². The molecule has 1 aliphatic rings. The lowest BCUT2D eigenvalue weighted by Gasteiger charge is -2.40. The van der Waals surface area contributed by atoms with Crippen molar-refractivity contribution in [2.45, 2.75) is 45.7 Å². The summed E-state index contributed by atoms with van der Waals surface area (Å²) in [7, 11) is 0. The molecule has 2 nitrogen and oxygen atoms in total. The normalized spacial score (nSPS) is 25.6. The fourth-order valence-corrected chi connectivity index (χ4v) is 3.17. The maximum absolute atomic E-state index is 13.9. The summed E-state index contributed by atoms with van der Waals surface area (Å²) in [5.74, 6) is 0.531. The Morgan fingerprint density at radius 1 is 1.40 bits per heavy atom. The molecule has 20 heavy (non-hydrogen) atoms. The van der Waals surface area contributed by atoms with E-state index in [0.29, 0.717) is 12.0 Å². The first-order valence-corrected chi connectivity index (χ1v) is 7.85. The first kappa shape index (κ1) is 15.5. The molecule has 3 heteroatoms. The molecule has 3 unspecified atom stereocenters. The maximum Gasteiger partial charge on any atom is 0.127 e. The van der Waals surface area contributed by atoms with Crippen LogP contribution in [0.1, 0.15) is 45.2 Å². The fraction of sp³-hybridized carbons (Fsp3) is 0.647. The molecule has 3 atom stereocenters. The summed E-state index contributed by atoms with van der Waals surface area (Å²) < 4.78 is 13.9. The lowest BCUT2D eigenvalue weighted by atomic mass is 9.91. The van der Waals surface area contributed by atoms with Crippen molar-refractivity contribution >= 4 is 0 Å². The minimum absolute atomic E-state index is 0.0844. The Morgan fingerprint density at radius 3 is 2.80 bits per heavy atom. The lowest BCUT2D eigenvalue weighted by Crippen LogP contribution is -2.49. The Hall–Kier alpha value is -0.930. The molecule has 1 aromatic carbocycles. The van der Waals surface area contributed by atoms with Crippen LogP contribution in [0.15, 0.2) is 24.3 Å². The highest BCUT2D eigenvalue weighted by Gasteiger charge is 2.29. The van der Waals surface area contributed by atoms with Crippen molar-refractivity contribution in [3.63, 3.8) is 0 Å². The van der Waals surface area contributed by atoms with Gasteiger partial charge in [0.2, 0.25) is 0 Å². The van der Waals surface area contributed by atoms with Crippen LogP contribution in [0.2, 0.25) is 0 Å². The van der Waals surface area contributed by atoms with E-state index in [-0.39, 0.29) is 11.9 Å². The van der Waals surface area contributed by atoms with Gasteiger partial charge in [0, 0.05) is 30.7 Å². The second-order valence-electron chi connectivity index (χ2n) is 6.02. The zero-order valence-corrected chi connectivity index (χ0v) is 12.9. The molecular formula is C17H27FN2. The van der Waals surface area contributed by atoms with E-state index in [0.717, 1.165) is 31.6 Å². The van der Waals surface area contributed by atoms with Gasteiger partial charge >= 0.3 is 0 Å². The molecule has 1 fully saturated rings. The zero-order chi connectivity index (χ0) is 14.5. The lowest BCUT2D eigenvalue weighted by molar-refractivity contribution is 0.109. The Balaban J connectivity index is 1.97. The van der Waals surface area contributed by atoms with E-state index in [4.69, 9.17) is 0 Å². The van der Waals surface area contributed by atoms with Gasteiger partial charge in [0.05, 0.1) is 0 Å². The van der Waals surface area contributed by atoms with E-state index >= 15 is 0 Å². The summed E-state index contributed by atoms with van der Waals surface area (Å²) in [4.78, 5) is 2.41. The van der Waals surface area contributed by atoms with Crippen LogP contribution in [0.3, 0.4) is 0 Å². The largest absolute Gasteiger partial charge is 0.314 e. The average molecular weight is 278 g/mol. The van der Waals surface area contributed by atoms with Gasteiger partial charge < -0.3 is 5.32 Å². The molecule has 0 amide bonds. The van der Waals surface area contributed by atoms with Crippen molar-refractivity contribution in [2.75, 3.05) is 19.6 Å². The van der Waals surface area contributed by atoms with E-state index in [1.165, 1.54) is 6.42 Å². The third-order valence-electron chi connectivity index (χ3n) is 4.50. The highest BCUT2D eigenvalue weighted by atomic mass is 19.1. The monoisotopic (exact) mass is 278 g/mol. The van der Waals surface area contributed by atoms with Crippen LogP contribution in [-0.4, -0.2) is 30.6 Å². The van der Waals surface area contributed by atoms with Crippen LogP contribution < -0.4 is 5.32 Å². The van der Waals surface area contributed by atoms with Crippen molar-refractivity contribution in [2.24, 2.45) is 5.92 Å². The Labute approximate surface area is 122 Å². The number of benzene rings is 1. The molecule has 1 heterocycles. The molecule has 0 bridgehead atoms. The van der Waals surface area contributed by atoms with Gasteiger partial charge in [-0.15, -0.1) is 0 Å². The van der Waals surface area contributed by atoms with E-state index in [9.17, 15) is 4.39 Å². The first-order valence-electron chi connectivity index (χ1n) is 7.85. The van der Waals surface area contributed by atoms with E-state index in [2.05, 4.69) is 31.0 Å². The summed E-state index contributed by atoms with van der Waals surface area (Å²) in [5.41, 5.74) is 0.819.